The third-order valence-corrected chi connectivity index (χ3v) is 8.28. The lowest BCUT2D eigenvalue weighted by Gasteiger charge is -2.29. The summed E-state index contributed by atoms with van der Waals surface area (Å²) in [7, 11) is 0. The number of allylic oxidation sites excluding steroid dienone is 2. The minimum atomic E-state index is -1.96. The summed E-state index contributed by atoms with van der Waals surface area (Å²) in [4.78, 5) is 22.1. The van der Waals surface area contributed by atoms with Crippen molar-refractivity contribution in [2.45, 2.75) is 70.1 Å². The molecule has 1 atom stereocenters. The van der Waals surface area contributed by atoms with Crippen LogP contribution < -0.4 is 14.2 Å². The van der Waals surface area contributed by atoms with Gasteiger partial charge in [-0.25, -0.2) is 4.39 Å². The van der Waals surface area contributed by atoms with Gasteiger partial charge < -0.3 is 29.2 Å². The monoisotopic (exact) mass is 644 g/mol. The molecule has 0 spiro atoms. The van der Waals surface area contributed by atoms with Gasteiger partial charge in [0, 0.05) is 19.3 Å². The molecular formula is C38H41FO8. The van der Waals surface area contributed by atoms with E-state index in [2.05, 4.69) is 0 Å². The highest BCUT2D eigenvalue weighted by molar-refractivity contribution is 5.87. The van der Waals surface area contributed by atoms with E-state index in [1.54, 1.807) is 6.08 Å². The Balaban J connectivity index is 1.15. The number of aryl methyl sites for hydroxylation is 1. The van der Waals surface area contributed by atoms with E-state index in [0.29, 0.717) is 36.5 Å². The van der Waals surface area contributed by atoms with Crippen molar-refractivity contribution in [3.63, 3.8) is 0 Å². The molecule has 47 heavy (non-hydrogen) atoms. The summed E-state index contributed by atoms with van der Waals surface area (Å²) < 4.78 is 39.2. The number of ether oxygens (including phenoxy) is 4. The Labute approximate surface area is 274 Å². The van der Waals surface area contributed by atoms with Gasteiger partial charge in [0.1, 0.15) is 5.75 Å². The van der Waals surface area contributed by atoms with Crippen molar-refractivity contribution in [3.8, 4) is 17.2 Å². The van der Waals surface area contributed by atoms with E-state index in [4.69, 9.17) is 24.1 Å². The molecule has 2 N–H and O–H groups in total. The molecule has 9 heteroatoms. The third kappa shape index (κ3) is 9.68. The quantitative estimate of drug-likeness (QED) is 0.134. The van der Waals surface area contributed by atoms with Crippen molar-refractivity contribution in [2.75, 3.05) is 20.0 Å². The average Bonchev–Trinajstić information content (AvgIpc) is 3.54. The molecule has 1 aliphatic heterocycles. The first-order valence-corrected chi connectivity index (χ1v) is 16.2. The summed E-state index contributed by atoms with van der Waals surface area (Å²) in [5.41, 5.74) is 5.24. The molecule has 0 radical (unpaired) electrons. The van der Waals surface area contributed by atoms with Crippen LogP contribution in [0.15, 0.2) is 78.9 Å². The van der Waals surface area contributed by atoms with E-state index in [1.807, 2.05) is 72.8 Å². The molecular weight excluding hydrogens is 603 g/mol. The number of unbranched alkanes of at least 4 members (excludes halogenated alkanes) is 3. The lowest BCUT2D eigenvalue weighted by molar-refractivity contribution is -0.138. The SMILES string of the molecule is O=C(O)CCCOc1cccc(CCCCCCOC2(F)C=C(c3ccc4c(c3)OCO4)C=C(c3ccccc3)C2)c1CCC(=O)O. The zero-order chi connectivity index (χ0) is 33.1. The fourth-order valence-electron chi connectivity index (χ4n) is 5.91. The van der Waals surface area contributed by atoms with Crippen LogP contribution in [0.2, 0.25) is 0 Å². The number of alkyl halides is 1. The third-order valence-electron chi connectivity index (χ3n) is 8.28. The summed E-state index contributed by atoms with van der Waals surface area (Å²) in [6.07, 6.45) is 8.47. The van der Waals surface area contributed by atoms with Crippen molar-refractivity contribution in [1.82, 2.24) is 0 Å². The van der Waals surface area contributed by atoms with Gasteiger partial charge in [-0.2, -0.15) is 0 Å². The Morgan fingerprint density at radius 3 is 2.38 bits per heavy atom. The van der Waals surface area contributed by atoms with Crippen molar-refractivity contribution in [2.24, 2.45) is 0 Å². The summed E-state index contributed by atoms with van der Waals surface area (Å²) in [5, 5.41) is 18.1. The van der Waals surface area contributed by atoms with Gasteiger partial charge in [-0.05, 0) is 89.8 Å². The Morgan fingerprint density at radius 2 is 1.57 bits per heavy atom. The molecule has 0 bridgehead atoms. The van der Waals surface area contributed by atoms with Crippen LogP contribution in [0.1, 0.15) is 73.6 Å². The maximum absolute atomic E-state index is 16.4. The zero-order valence-corrected chi connectivity index (χ0v) is 26.4. The second-order valence-electron chi connectivity index (χ2n) is 11.8. The number of carboxylic acids is 2. The normalized spacial score (nSPS) is 16.8. The summed E-state index contributed by atoms with van der Waals surface area (Å²) >= 11 is 0. The molecule has 3 aromatic carbocycles. The first-order chi connectivity index (χ1) is 22.8. The average molecular weight is 645 g/mol. The van der Waals surface area contributed by atoms with E-state index in [9.17, 15) is 14.7 Å². The largest absolute Gasteiger partial charge is 0.493 e. The van der Waals surface area contributed by atoms with Crippen LogP contribution in [0.25, 0.3) is 11.1 Å². The first kappa shape index (κ1) is 33.7. The van der Waals surface area contributed by atoms with Gasteiger partial charge in [0.25, 0.3) is 0 Å². The number of carbonyl (C=O) groups is 2. The highest BCUT2D eigenvalue weighted by atomic mass is 19.2. The smallest absolute Gasteiger partial charge is 0.303 e. The number of halogens is 1. The molecule has 0 saturated heterocycles. The maximum atomic E-state index is 16.4. The molecule has 2 aliphatic rings. The Bertz CT molecular complexity index is 1600. The number of hydrogen-bond acceptors (Lipinski definition) is 6. The van der Waals surface area contributed by atoms with Crippen LogP contribution in [0.4, 0.5) is 4.39 Å². The minimum Gasteiger partial charge on any atom is -0.493 e. The molecule has 1 heterocycles. The van der Waals surface area contributed by atoms with E-state index in [-0.39, 0.29) is 39.3 Å². The predicted octanol–water partition coefficient (Wildman–Crippen LogP) is 8.03. The second kappa shape index (κ2) is 16.3. The number of rotatable bonds is 18. The van der Waals surface area contributed by atoms with E-state index < -0.39 is 17.8 Å². The number of aliphatic carboxylic acids is 2. The van der Waals surface area contributed by atoms with Crippen LogP contribution >= 0.6 is 0 Å². The van der Waals surface area contributed by atoms with Crippen LogP contribution in [-0.2, 0) is 27.2 Å². The number of carboxylic acid groups (broad SMARTS) is 2. The van der Waals surface area contributed by atoms with Gasteiger partial charge >= 0.3 is 11.9 Å². The van der Waals surface area contributed by atoms with Gasteiger partial charge in [-0.15, -0.1) is 0 Å². The summed E-state index contributed by atoms with van der Waals surface area (Å²) in [5.74, 6) is -1.81. The molecule has 0 amide bonds. The lowest BCUT2D eigenvalue weighted by atomic mass is 9.88. The van der Waals surface area contributed by atoms with Gasteiger partial charge in [0.2, 0.25) is 12.6 Å². The number of hydrogen-bond donors (Lipinski definition) is 2. The Hall–Kier alpha value is -4.63. The van der Waals surface area contributed by atoms with Gasteiger partial charge in [0.05, 0.1) is 13.2 Å². The molecule has 0 aromatic heterocycles. The van der Waals surface area contributed by atoms with Crippen molar-refractivity contribution >= 4 is 23.1 Å². The molecule has 8 nitrogen and oxygen atoms in total. The van der Waals surface area contributed by atoms with Crippen LogP contribution in [0.3, 0.4) is 0 Å². The van der Waals surface area contributed by atoms with Crippen LogP contribution in [-0.4, -0.2) is 48.0 Å². The fourth-order valence-corrected chi connectivity index (χ4v) is 5.91. The van der Waals surface area contributed by atoms with Gasteiger partial charge in [-0.1, -0.05) is 67.4 Å². The van der Waals surface area contributed by atoms with E-state index in [0.717, 1.165) is 59.1 Å². The molecule has 0 saturated carbocycles. The molecule has 0 fully saturated rings. The topological polar surface area (TPSA) is 112 Å². The summed E-state index contributed by atoms with van der Waals surface area (Å²) in [6, 6.07) is 21.1. The number of benzene rings is 3. The zero-order valence-electron chi connectivity index (χ0n) is 26.4. The van der Waals surface area contributed by atoms with Gasteiger partial charge in [0.15, 0.2) is 11.5 Å². The van der Waals surface area contributed by atoms with Crippen molar-refractivity contribution in [3.05, 3.63) is 101 Å². The van der Waals surface area contributed by atoms with Crippen molar-refractivity contribution < 1.29 is 43.1 Å². The standard InChI is InChI=1S/C38H41FO8/c39-38(24-30(27-10-5-3-6-11-27)22-31(25-38)29-16-18-34-35(23-29)46-26-45-34)47-21-7-2-1-4-12-28-13-8-14-33(32(28)17-19-37(42)43)44-20-9-15-36(40)41/h3,5-6,8,10-11,13-14,16,18,22-23,25H,1-2,4,7,9,12,15,17,19-21,24,26H2,(H,40,41)(H,42,43). The minimum absolute atomic E-state index is 0.0135. The van der Waals surface area contributed by atoms with Gasteiger partial charge in [-0.3, -0.25) is 9.59 Å². The van der Waals surface area contributed by atoms with Crippen molar-refractivity contribution in [1.29, 1.82) is 0 Å². The first-order valence-electron chi connectivity index (χ1n) is 16.2. The van der Waals surface area contributed by atoms with E-state index >= 15 is 4.39 Å². The Kier molecular flexibility index (Phi) is 11.7. The number of fused-ring (bicyclic) bond motifs is 1. The second-order valence-corrected chi connectivity index (χ2v) is 11.8. The van der Waals surface area contributed by atoms with Crippen LogP contribution in [0, 0.1) is 0 Å². The highest BCUT2D eigenvalue weighted by Crippen LogP contribution is 2.42. The van der Waals surface area contributed by atoms with E-state index in [1.165, 1.54) is 0 Å². The molecule has 1 unspecified atom stereocenters. The Morgan fingerprint density at radius 1 is 0.787 bits per heavy atom. The highest BCUT2D eigenvalue weighted by Gasteiger charge is 2.34. The molecule has 1 aliphatic carbocycles. The summed E-state index contributed by atoms with van der Waals surface area (Å²) in [6.45, 7) is 0.691. The molecule has 5 rings (SSSR count). The maximum Gasteiger partial charge on any atom is 0.303 e. The fraction of sp³-hybridized carbons (Fsp3) is 0.368. The molecule has 248 valence electrons. The molecule has 3 aromatic rings. The van der Waals surface area contributed by atoms with Crippen LogP contribution in [0.5, 0.6) is 17.2 Å². The predicted molar refractivity (Wildman–Crippen MR) is 176 cm³/mol. The lowest BCUT2D eigenvalue weighted by Crippen LogP contribution is -2.28.